The van der Waals surface area contributed by atoms with Gasteiger partial charge in [-0.15, -0.1) is 0 Å². The molecule has 3 aromatic heterocycles. The number of hydrogen-bond donors (Lipinski definition) is 3. The quantitative estimate of drug-likeness (QED) is 0.471. The van der Waals surface area contributed by atoms with Crippen LogP contribution in [-0.2, 0) is 20.4 Å². The topological polar surface area (TPSA) is 133 Å². The maximum atomic E-state index is 12.7. The second kappa shape index (κ2) is 8.27. The highest BCUT2D eigenvalue weighted by molar-refractivity contribution is 7.90. The van der Waals surface area contributed by atoms with Crippen LogP contribution in [0.1, 0.15) is 18.9 Å². The zero-order valence-corrected chi connectivity index (χ0v) is 16.4. The smallest absolute Gasteiger partial charge is 0.303 e. The van der Waals surface area contributed by atoms with Crippen LogP contribution in [0.2, 0.25) is 0 Å². The summed E-state index contributed by atoms with van der Waals surface area (Å²) in [5.41, 5.74) is 1.49. The minimum Gasteiger partial charge on any atom is -0.481 e. The number of carboxylic acids is 1. The Balaban J connectivity index is 0.000000431. The molecule has 0 atom stereocenters. The minimum absolute atomic E-state index is 0.0966. The molecule has 3 N–H and O–H groups in total. The van der Waals surface area contributed by atoms with E-state index in [0.29, 0.717) is 27.4 Å². The van der Waals surface area contributed by atoms with Gasteiger partial charge in [-0.2, -0.15) is 0 Å². The highest BCUT2D eigenvalue weighted by atomic mass is 32.2. The summed E-state index contributed by atoms with van der Waals surface area (Å²) in [5, 5.41) is 9.12. The number of aromatic amines is 2. The fourth-order valence-electron chi connectivity index (χ4n) is 2.80. The Bertz CT molecular complexity index is 1320. The molecule has 0 spiro atoms. The average Bonchev–Trinajstić information content (AvgIpc) is 3.19. The highest BCUT2D eigenvalue weighted by Gasteiger charge is 2.17. The lowest BCUT2D eigenvalue weighted by Crippen LogP contribution is -2.08. The van der Waals surface area contributed by atoms with E-state index in [1.54, 1.807) is 55.8 Å². The number of carboxylic acid groups (broad SMARTS) is 1. The molecule has 0 saturated carbocycles. The van der Waals surface area contributed by atoms with Crippen molar-refractivity contribution in [2.75, 3.05) is 0 Å². The van der Waals surface area contributed by atoms with Crippen LogP contribution < -0.4 is 5.56 Å². The molecule has 8 nitrogen and oxygen atoms in total. The lowest BCUT2D eigenvalue weighted by Gasteiger charge is -2.07. The molecule has 150 valence electrons. The van der Waals surface area contributed by atoms with Crippen molar-refractivity contribution in [3.63, 3.8) is 0 Å². The average molecular weight is 413 g/mol. The summed E-state index contributed by atoms with van der Waals surface area (Å²) in [7, 11) is -3.50. The van der Waals surface area contributed by atoms with Crippen molar-refractivity contribution in [1.29, 1.82) is 0 Å². The van der Waals surface area contributed by atoms with Gasteiger partial charge in [-0.3, -0.25) is 14.6 Å². The second-order valence-corrected chi connectivity index (χ2v) is 8.28. The number of nitrogens with one attached hydrogen (secondary N) is 2. The molecule has 0 fully saturated rings. The molecule has 3 heterocycles. The van der Waals surface area contributed by atoms with Gasteiger partial charge in [-0.25, -0.2) is 8.42 Å². The number of rotatable bonds is 4. The van der Waals surface area contributed by atoms with Crippen LogP contribution >= 0.6 is 0 Å². The maximum Gasteiger partial charge on any atom is 0.303 e. The Hall–Kier alpha value is -3.46. The van der Waals surface area contributed by atoms with Crippen LogP contribution in [0.3, 0.4) is 0 Å². The van der Waals surface area contributed by atoms with E-state index < -0.39 is 15.8 Å². The van der Waals surface area contributed by atoms with Crippen molar-refractivity contribution in [3.8, 4) is 0 Å². The molecule has 4 aromatic rings. The number of fused-ring (bicyclic) bond motifs is 3. The Morgan fingerprint density at radius 3 is 2.45 bits per heavy atom. The largest absolute Gasteiger partial charge is 0.481 e. The molecule has 0 aliphatic heterocycles. The molecule has 0 bridgehead atoms. The first-order chi connectivity index (χ1) is 13.8. The number of H-pyrrole nitrogens is 2. The van der Waals surface area contributed by atoms with Gasteiger partial charge in [0.1, 0.15) is 5.52 Å². The van der Waals surface area contributed by atoms with Gasteiger partial charge in [-0.05, 0) is 42.0 Å². The molecule has 9 heteroatoms. The maximum absolute atomic E-state index is 12.7. The summed E-state index contributed by atoms with van der Waals surface area (Å²) in [5.74, 6) is -0.842. The fraction of sp³-hybridized carbons (Fsp3) is 0.150. The van der Waals surface area contributed by atoms with E-state index in [9.17, 15) is 18.0 Å². The number of aromatic nitrogens is 3. The van der Waals surface area contributed by atoms with Gasteiger partial charge >= 0.3 is 5.97 Å². The summed E-state index contributed by atoms with van der Waals surface area (Å²) < 4.78 is 25.4. The molecule has 0 amide bonds. The van der Waals surface area contributed by atoms with Crippen molar-refractivity contribution in [3.05, 3.63) is 70.9 Å². The third-order valence-corrected chi connectivity index (χ3v) is 5.96. The first kappa shape index (κ1) is 20.3. The van der Waals surface area contributed by atoms with Gasteiger partial charge < -0.3 is 15.1 Å². The van der Waals surface area contributed by atoms with Crippen molar-refractivity contribution in [2.24, 2.45) is 0 Å². The summed E-state index contributed by atoms with van der Waals surface area (Å²) >= 11 is 0. The Morgan fingerprint density at radius 1 is 1.10 bits per heavy atom. The van der Waals surface area contributed by atoms with Crippen LogP contribution in [0.5, 0.6) is 0 Å². The first-order valence-electron chi connectivity index (χ1n) is 8.78. The summed E-state index contributed by atoms with van der Waals surface area (Å²) in [6, 6.07) is 9.89. The molecular weight excluding hydrogens is 394 g/mol. The summed E-state index contributed by atoms with van der Waals surface area (Å²) in [6.07, 6.45) is 5.02. The van der Waals surface area contributed by atoms with Crippen molar-refractivity contribution < 1.29 is 18.3 Å². The standard InChI is InChI=1S/C17H13N3O3S.C3H6O2/c21-17-16-13(5-8-19-16)14-9-12(1-2-15(14)20-17)24(22,23)10-11-3-6-18-7-4-11;1-2-3(4)5/h1-9,19H,10H2,(H,20,21);2H2,1H3,(H,4,5). The number of hydrogen-bond acceptors (Lipinski definition) is 5. The monoisotopic (exact) mass is 413 g/mol. The van der Waals surface area contributed by atoms with E-state index in [-0.39, 0.29) is 22.6 Å². The molecule has 0 radical (unpaired) electrons. The third-order valence-electron chi connectivity index (χ3n) is 4.27. The molecule has 4 rings (SSSR count). The van der Waals surface area contributed by atoms with E-state index in [1.807, 2.05) is 0 Å². The minimum atomic E-state index is -3.50. The van der Waals surface area contributed by atoms with Crippen molar-refractivity contribution in [2.45, 2.75) is 24.0 Å². The van der Waals surface area contributed by atoms with Crippen LogP contribution in [-0.4, -0.2) is 34.4 Å². The third kappa shape index (κ3) is 4.52. The highest BCUT2D eigenvalue weighted by Crippen LogP contribution is 2.25. The molecule has 0 saturated heterocycles. The van der Waals surface area contributed by atoms with E-state index in [4.69, 9.17) is 5.11 Å². The summed E-state index contributed by atoms with van der Waals surface area (Å²) in [6.45, 7) is 1.60. The zero-order valence-electron chi connectivity index (χ0n) is 15.5. The molecule has 0 aliphatic carbocycles. The first-order valence-corrected chi connectivity index (χ1v) is 10.4. The van der Waals surface area contributed by atoms with E-state index in [1.165, 1.54) is 6.07 Å². The molecule has 29 heavy (non-hydrogen) atoms. The SMILES string of the molecule is CCC(=O)O.O=c1[nH]c2ccc(S(=O)(=O)Cc3ccncc3)cc2c2cc[nH]c12. The Morgan fingerprint density at radius 2 is 1.79 bits per heavy atom. The number of pyridine rings is 2. The Kier molecular flexibility index (Phi) is 5.79. The van der Waals surface area contributed by atoms with Gasteiger partial charge in [0, 0.05) is 41.3 Å². The second-order valence-electron chi connectivity index (χ2n) is 6.29. The predicted octanol–water partition coefficient (Wildman–Crippen LogP) is 2.86. The van der Waals surface area contributed by atoms with E-state index >= 15 is 0 Å². The number of carbonyl (C=O) groups is 1. The number of benzene rings is 1. The lowest BCUT2D eigenvalue weighted by atomic mass is 10.1. The lowest BCUT2D eigenvalue weighted by molar-refractivity contribution is -0.136. The number of nitrogens with zero attached hydrogens (tertiary/aromatic N) is 1. The van der Waals surface area contributed by atoms with Gasteiger partial charge in [0.2, 0.25) is 0 Å². The molecule has 1 aromatic carbocycles. The zero-order chi connectivity index (χ0) is 21.0. The van der Waals surface area contributed by atoms with Gasteiger partial charge in [0.05, 0.1) is 10.6 Å². The molecule has 0 unspecified atom stereocenters. The number of aliphatic carboxylic acids is 1. The van der Waals surface area contributed by atoms with Crippen LogP contribution in [0.15, 0.2) is 64.7 Å². The van der Waals surface area contributed by atoms with Crippen LogP contribution in [0.4, 0.5) is 0 Å². The van der Waals surface area contributed by atoms with Gasteiger partial charge in [0.15, 0.2) is 9.84 Å². The number of sulfone groups is 1. The van der Waals surface area contributed by atoms with E-state index in [0.717, 1.165) is 0 Å². The normalized spacial score (nSPS) is 11.2. The fourth-order valence-corrected chi connectivity index (χ4v) is 4.17. The van der Waals surface area contributed by atoms with Crippen LogP contribution in [0, 0.1) is 0 Å². The van der Waals surface area contributed by atoms with Crippen molar-refractivity contribution >= 4 is 37.6 Å². The molecular formula is C20H19N3O5S. The van der Waals surface area contributed by atoms with Crippen LogP contribution in [0.25, 0.3) is 21.8 Å². The predicted molar refractivity (Wildman–Crippen MR) is 109 cm³/mol. The summed E-state index contributed by atoms with van der Waals surface area (Å²) in [4.78, 5) is 31.1. The Labute approximate surface area is 166 Å². The van der Waals surface area contributed by atoms with Gasteiger partial charge in [-0.1, -0.05) is 6.92 Å². The molecule has 0 aliphatic rings. The van der Waals surface area contributed by atoms with E-state index in [2.05, 4.69) is 15.0 Å². The van der Waals surface area contributed by atoms with Gasteiger partial charge in [0.25, 0.3) is 5.56 Å². The van der Waals surface area contributed by atoms with Crippen molar-refractivity contribution in [1.82, 2.24) is 15.0 Å².